The number of methoxy groups -OCH3 is 1. The smallest absolute Gasteiger partial charge is 0.333 e. The first-order chi connectivity index (χ1) is 11.9. The number of nitrogens with zero attached hydrogens (tertiary/aromatic N) is 6. The molecule has 0 fully saturated rings. The van der Waals surface area contributed by atoms with Crippen molar-refractivity contribution in [3.05, 3.63) is 24.6 Å². The maximum absolute atomic E-state index is 12.0. The van der Waals surface area contributed by atoms with E-state index in [1.54, 1.807) is 32.2 Å². The number of hydrogen-bond donors (Lipinski definition) is 1. The molecule has 128 valence electrons. The minimum atomic E-state index is -1.01. The van der Waals surface area contributed by atoms with Crippen LogP contribution in [0.4, 0.5) is 5.95 Å². The van der Waals surface area contributed by atoms with Gasteiger partial charge in [-0.25, -0.2) is 9.78 Å². The number of esters is 1. The van der Waals surface area contributed by atoms with E-state index < -0.39 is 11.5 Å². The summed E-state index contributed by atoms with van der Waals surface area (Å²) in [6.45, 7) is 3.40. The summed E-state index contributed by atoms with van der Waals surface area (Å²) in [4.78, 5) is 20.7. The van der Waals surface area contributed by atoms with Gasteiger partial charge in [0.05, 0.1) is 18.8 Å². The summed E-state index contributed by atoms with van der Waals surface area (Å²) >= 11 is 0. The van der Waals surface area contributed by atoms with E-state index in [-0.39, 0.29) is 5.95 Å². The normalized spacial score (nSPS) is 12.1. The van der Waals surface area contributed by atoms with Gasteiger partial charge >= 0.3 is 5.97 Å². The van der Waals surface area contributed by atoms with Crippen molar-refractivity contribution in [3.8, 4) is 11.6 Å². The number of carbonyl (C=O) groups excluding carboxylic acids is 1. The van der Waals surface area contributed by atoms with E-state index >= 15 is 0 Å². The van der Waals surface area contributed by atoms with E-state index in [0.29, 0.717) is 28.3 Å². The number of aromatic nitrogens is 6. The van der Waals surface area contributed by atoms with E-state index in [4.69, 9.17) is 14.9 Å². The summed E-state index contributed by atoms with van der Waals surface area (Å²) in [5, 5.41) is 9.29. The Hall–Kier alpha value is -3.43. The zero-order valence-corrected chi connectivity index (χ0v) is 13.8. The van der Waals surface area contributed by atoms with Gasteiger partial charge in [0.25, 0.3) is 0 Å². The van der Waals surface area contributed by atoms with Crippen LogP contribution in [0.25, 0.3) is 28.3 Å². The Balaban J connectivity index is 1.96. The molecule has 0 aliphatic heterocycles. The van der Waals surface area contributed by atoms with Crippen molar-refractivity contribution < 1.29 is 13.9 Å². The second kappa shape index (κ2) is 5.03. The van der Waals surface area contributed by atoms with Gasteiger partial charge in [-0.2, -0.15) is 14.6 Å². The van der Waals surface area contributed by atoms with Crippen LogP contribution in [0.15, 0.2) is 29.0 Å². The van der Waals surface area contributed by atoms with Crippen molar-refractivity contribution >= 4 is 28.6 Å². The van der Waals surface area contributed by atoms with Gasteiger partial charge in [-0.15, -0.1) is 5.10 Å². The zero-order chi connectivity index (χ0) is 17.8. The van der Waals surface area contributed by atoms with Crippen LogP contribution in [-0.2, 0) is 15.1 Å². The Kier molecular flexibility index (Phi) is 3.04. The number of nitrogens with two attached hydrogens (primary N) is 1. The van der Waals surface area contributed by atoms with Gasteiger partial charge in [-0.1, -0.05) is 0 Å². The Morgan fingerprint density at radius 2 is 2.12 bits per heavy atom. The number of ether oxygens (including phenoxy) is 1. The van der Waals surface area contributed by atoms with Gasteiger partial charge < -0.3 is 14.9 Å². The summed E-state index contributed by atoms with van der Waals surface area (Å²) in [7, 11) is 1.33. The molecular formula is C15H15N7O3. The van der Waals surface area contributed by atoms with Gasteiger partial charge in [0.1, 0.15) is 0 Å². The second-order valence-corrected chi connectivity index (χ2v) is 5.98. The quantitative estimate of drug-likeness (QED) is 0.551. The fourth-order valence-corrected chi connectivity index (χ4v) is 2.55. The van der Waals surface area contributed by atoms with Crippen LogP contribution in [0, 0.1) is 0 Å². The van der Waals surface area contributed by atoms with Crippen molar-refractivity contribution in [2.75, 3.05) is 12.8 Å². The molecule has 0 bridgehead atoms. The van der Waals surface area contributed by atoms with Gasteiger partial charge in [0.15, 0.2) is 22.6 Å². The molecule has 25 heavy (non-hydrogen) atoms. The van der Waals surface area contributed by atoms with Crippen molar-refractivity contribution in [1.29, 1.82) is 0 Å². The molecule has 0 saturated heterocycles. The molecule has 0 amide bonds. The van der Waals surface area contributed by atoms with Crippen LogP contribution in [0.3, 0.4) is 0 Å². The predicted octanol–water partition coefficient (Wildman–Crippen LogP) is 1.22. The molecule has 0 saturated carbocycles. The zero-order valence-electron chi connectivity index (χ0n) is 13.8. The third-order valence-electron chi connectivity index (χ3n) is 3.98. The van der Waals surface area contributed by atoms with Gasteiger partial charge in [-0.3, -0.25) is 4.68 Å². The minimum Gasteiger partial charge on any atom is -0.467 e. The van der Waals surface area contributed by atoms with Crippen LogP contribution in [0.2, 0.25) is 0 Å². The number of anilines is 1. The number of nitrogen functional groups attached to an aromatic ring is 1. The number of furan rings is 1. The third kappa shape index (κ3) is 2.14. The first-order valence-corrected chi connectivity index (χ1v) is 7.46. The molecule has 10 heteroatoms. The molecule has 0 radical (unpaired) electrons. The van der Waals surface area contributed by atoms with E-state index in [1.165, 1.54) is 22.6 Å². The molecule has 0 aliphatic carbocycles. The summed E-state index contributed by atoms with van der Waals surface area (Å²) in [6.07, 6.45) is 3.21. The van der Waals surface area contributed by atoms with Gasteiger partial charge in [0, 0.05) is 6.20 Å². The first kappa shape index (κ1) is 15.1. The van der Waals surface area contributed by atoms with Crippen molar-refractivity contribution in [3.63, 3.8) is 0 Å². The molecule has 4 heterocycles. The van der Waals surface area contributed by atoms with E-state index in [9.17, 15) is 4.79 Å². The van der Waals surface area contributed by atoms with Crippen LogP contribution in [0.5, 0.6) is 0 Å². The van der Waals surface area contributed by atoms with Gasteiger partial charge in [0.2, 0.25) is 11.8 Å². The highest BCUT2D eigenvalue weighted by molar-refractivity contribution is 5.90. The maximum atomic E-state index is 12.0. The highest BCUT2D eigenvalue weighted by atomic mass is 16.5. The fraction of sp³-hybridized carbons (Fsp3) is 0.267. The molecule has 4 aromatic heterocycles. The summed E-state index contributed by atoms with van der Waals surface area (Å²) in [6, 6.07) is 3.49. The average Bonchev–Trinajstić information content (AvgIpc) is 3.30. The molecule has 0 aliphatic rings. The number of rotatable bonds is 3. The van der Waals surface area contributed by atoms with Gasteiger partial charge in [-0.05, 0) is 26.0 Å². The topological polar surface area (TPSA) is 126 Å². The van der Waals surface area contributed by atoms with E-state index in [1.807, 2.05) is 0 Å². The third-order valence-corrected chi connectivity index (χ3v) is 3.98. The highest BCUT2D eigenvalue weighted by Crippen LogP contribution is 2.25. The summed E-state index contributed by atoms with van der Waals surface area (Å²) in [5.41, 5.74) is 5.80. The molecule has 0 spiro atoms. The fourth-order valence-electron chi connectivity index (χ4n) is 2.55. The minimum absolute atomic E-state index is 0.133. The Labute approximate surface area is 141 Å². The molecule has 4 aromatic rings. The monoisotopic (exact) mass is 341 g/mol. The molecular weight excluding hydrogens is 326 g/mol. The average molecular weight is 341 g/mol. The molecule has 0 aromatic carbocycles. The number of hydrogen-bond acceptors (Lipinski definition) is 8. The molecule has 0 atom stereocenters. The lowest BCUT2D eigenvalue weighted by atomic mass is 10.1. The summed E-state index contributed by atoms with van der Waals surface area (Å²) < 4.78 is 13.1. The van der Waals surface area contributed by atoms with Crippen molar-refractivity contribution in [2.24, 2.45) is 0 Å². The lowest BCUT2D eigenvalue weighted by Crippen LogP contribution is -2.37. The Morgan fingerprint density at radius 1 is 1.32 bits per heavy atom. The van der Waals surface area contributed by atoms with E-state index in [2.05, 4.69) is 20.2 Å². The molecule has 4 rings (SSSR count). The predicted molar refractivity (Wildman–Crippen MR) is 87.5 cm³/mol. The molecule has 2 N–H and O–H groups in total. The molecule has 0 unspecified atom stereocenters. The molecule has 10 nitrogen and oxygen atoms in total. The first-order valence-electron chi connectivity index (χ1n) is 7.46. The lowest BCUT2D eigenvalue weighted by molar-refractivity contribution is -0.150. The van der Waals surface area contributed by atoms with E-state index in [0.717, 1.165) is 0 Å². The standard InChI is InChI=1S/C15H15N7O3/c1-15(2,13(23)24-3)21-7-8-10(19-21)18-14(16)22-12(8)17-11(20-22)9-5-4-6-25-9/h4-7H,1-3H3,(H2,16,18,19). The van der Waals surface area contributed by atoms with Crippen molar-refractivity contribution in [2.45, 2.75) is 19.4 Å². The van der Waals surface area contributed by atoms with Crippen LogP contribution < -0.4 is 5.73 Å². The van der Waals surface area contributed by atoms with Crippen LogP contribution in [-0.4, -0.2) is 42.4 Å². The largest absolute Gasteiger partial charge is 0.467 e. The van der Waals surface area contributed by atoms with Crippen molar-refractivity contribution in [1.82, 2.24) is 29.4 Å². The lowest BCUT2D eigenvalue weighted by Gasteiger charge is -2.21. The number of fused-ring (bicyclic) bond motifs is 3. The second-order valence-electron chi connectivity index (χ2n) is 5.98. The Bertz CT molecular complexity index is 1090. The van der Waals surface area contributed by atoms with Crippen LogP contribution >= 0.6 is 0 Å². The Morgan fingerprint density at radius 3 is 2.80 bits per heavy atom. The summed E-state index contributed by atoms with van der Waals surface area (Å²) in [5.74, 6) is 0.598. The number of carbonyl (C=O) groups is 1. The maximum Gasteiger partial charge on any atom is 0.333 e. The SMILES string of the molecule is COC(=O)C(C)(C)n1cc2c(nc(N)n3nc(-c4ccco4)nc23)n1. The van der Waals surface area contributed by atoms with Crippen LogP contribution in [0.1, 0.15) is 13.8 Å². The highest BCUT2D eigenvalue weighted by Gasteiger charge is 2.32.